The average Bonchev–Trinajstić information content (AvgIpc) is 2.88. The molecule has 3 N–H and O–H groups in total. The lowest BCUT2D eigenvalue weighted by atomic mass is 9.81. The average molecular weight is 491 g/mol. The fraction of sp³-hybridized carbons (Fsp3) is 0.345. The summed E-state index contributed by atoms with van der Waals surface area (Å²) in [5.41, 5.74) is 6.34. The zero-order valence-electron chi connectivity index (χ0n) is 20.8. The molecule has 36 heavy (non-hydrogen) atoms. The van der Waals surface area contributed by atoms with Gasteiger partial charge in [-0.15, -0.1) is 0 Å². The largest absolute Gasteiger partial charge is 0.503 e. The van der Waals surface area contributed by atoms with Crippen molar-refractivity contribution in [3.63, 3.8) is 0 Å². The Morgan fingerprint density at radius 3 is 2.22 bits per heavy atom. The molecule has 1 aliphatic rings. The normalized spacial score (nSPS) is 15.0. The number of carboxylic acid groups (broad SMARTS) is 2. The Morgan fingerprint density at radius 1 is 1.00 bits per heavy atom. The molecule has 0 amide bonds. The summed E-state index contributed by atoms with van der Waals surface area (Å²) in [5, 5.41) is 27.5. The van der Waals surface area contributed by atoms with Gasteiger partial charge in [-0.3, -0.25) is 4.79 Å². The minimum Gasteiger partial charge on any atom is -0.450 e. The van der Waals surface area contributed by atoms with Crippen LogP contribution in [0, 0.1) is 6.92 Å². The van der Waals surface area contributed by atoms with Crippen LogP contribution in [0.25, 0.3) is 0 Å². The molecular weight excluding hydrogens is 456 g/mol. The first-order valence-electron chi connectivity index (χ1n) is 12.3. The van der Waals surface area contributed by atoms with Crippen LogP contribution < -0.4 is 5.56 Å². The van der Waals surface area contributed by atoms with E-state index in [1.165, 1.54) is 65.0 Å². The highest BCUT2D eigenvalue weighted by atomic mass is 16.6. The van der Waals surface area contributed by atoms with Crippen molar-refractivity contribution in [1.29, 1.82) is 0 Å². The van der Waals surface area contributed by atoms with Gasteiger partial charge in [0.15, 0.2) is 0 Å². The van der Waals surface area contributed by atoms with Gasteiger partial charge in [-0.05, 0) is 54.0 Å². The number of aromatic nitrogens is 1. The Hall–Kier alpha value is -3.87. The van der Waals surface area contributed by atoms with Crippen molar-refractivity contribution in [2.75, 3.05) is 0 Å². The van der Waals surface area contributed by atoms with E-state index in [9.17, 15) is 10.0 Å². The number of rotatable bonds is 6. The van der Waals surface area contributed by atoms with E-state index in [0.717, 1.165) is 5.56 Å². The lowest BCUT2D eigenvalue weighted by Crippen LogP contribution is -2.18. The smallest absolute Gasteiger partial charge is 0.450 e. The van der Waals surface area contributed by atoms with Crippen LogP contribution in [0.5, 0.6) is 0 Å². The van der Waals surface area contributed by atoms with E-state index in [4.69, 9.17) is 15.0 Å². The molecule has 1 fully saturated rings. The molecule has 1 aliphatic carbocycles. The van der Waals surface area contributed by atoms with Crippen molar-refractivity contribution in [3.8, 4) is 0 Å². The second kappa shape index (κ2) is 12.7. The second-order valence-corrected chi connectivity index (χ2v) is 9.31. The molecule has 3 aromatic rings. The van der Waals surface area contributed by atoms with Gasteiger partial charge in [-0.2, -0.15) is 0 Å². The Morgan fingerprint density at radius 2 is 1.64 bits per heavy atom. The first-order chi connectivity index (χ1) is 17.3. The molecule has 1 heterocycles. The van der Waals surface area contributed by atoms with E-state index < -0.39 is 6.16 Å². The first kappa shape index (κ1) is 26.7. The molecule has 0 spiro atoms. The van der Waals surface area contributed by atoms with E-state index >= 15 is 0 Å². The number of oxime groups is 1. The van der Waals surface area contributed by atoms with Crippen molar-refractivity contribution in [3.05, 3.63) is 105 Å². The number of benzene rings is 2. The van der Waals surface area contributed by atoms with Gasteiger partial charge in [0.1, 0.15) is 0 Å². The van der Waals surface area contributed by atoms with Crippen LogP contribution >= 0.6 is 0 Å². The first-order valence-corrected chi connectivity index (χ1v) is 12.3. The van der Waals surface area contributed by atoms with Gasteiger partial charge in [0.2, 0.25) is 5.56 Å². The van der Waals surface area contributed by atoms with Crippen molar-refractivity contribution in [1.82, 2.24) is 4.57 Å². The molecule has 7 heteroatoms. The number of nitrogens with zero attached hydrogens (tertiary/aromatic N) is 2. The highest BCUT2D eigenvalue weighted by Crippen LogP contribution is 2.36. The van der Waals surface area contributed by atoms with Crippen molar-refractivity contribution >= 4 is 11.9 Å². The monoisotopic (exact) mass is 490 g/mol. The van der Waals surface area contributed by atoms with Crippen molar-refractivity contribution in [2.45, 2.75) is 57.3 Å². The minimum atomic E-state index is -1.83. The summed E-state index contributed by atoms with van der Waals surface area (Å²) in [5.74, 6) is 0.731. The molecule has 2 aromatic carbocycles. The summed E-state index contributed by atoms with van der Waals surface area (Å²) in [7, 11) is 1.71. The van der Waals surface area contributed by atoms with Gasteiger partial charge in [0.05, 0.1) is 5.71 Å². The Balaban J connectivity index is 0.000000840. The molecule has 1 saturated carbocycles. The van der Waals surface area contributed by atoms with Gasteiger partial charge in [0, 0.05) is 37.2 Å². The summed E-state index contributed by atoms with van der Waals surface area (Å²) >= 11 is 0. The third-order valence-electron chi connectivity index (χ3n) is 6.92. The van der Waals surface area contributed by atoms with Gasteiger partial charge in [-0.1, -0.05) is 72.9 Å². The van der Waals surface area contributed by atoms with E-state index in [0.29, 0.717) is 18.1 Å². The topological polar surface area (TPSA) is 112 Å². The Labute approximate surface area is 211 Å². The van der Waals surface area contributed by atoms with Gasteiger partial charge in [-0.25, -0.2) is 4.79 Å². The lowest BCUT2D eigenvalue weighted by Gasteiger charge is -2.24. The fourth-order valence-electron chi connectivity index (χ4n) is 5.00. The minimum absolute atomic E-state index is 0.0553. The van der Waals surface area contributed by atoms with Crippen LogP contribution in [0.1, 0.15) is 78.2 Å². The third-order valence-corrected chi connectivity index (χ3v) is 6.92. The molecule has 7 nitrogen and oxygen atoms in total. The van der Waals surface area contributed by atoms with Crippen LogP contribution in [0.3, 0.4) is 0 Å². The second-order valence-electron chi connectivity index (χ2n) is 9.31. The van der Waals surface area contributed by atoms with Gasteiger partial charge < -0.3 is 20.0 Å². The maximum Gasteiger partial charge on any atom is 0.503 e. The lowest BCUT2D eigenvalue weighted by molar-refractivity contribution is 0.137. The van der Waals surface area contributed by atoms with Crippen molar-refractivity contribution in [2.24, 2.45) is 12.2 Å². The predicted molar refractivity (Wildman–Crippen MR) is 141 cm³/mol. The highest BCUT2D eigenvalue weighted by molar-refractivity contribution is 6.00. The zero-order chi connectivity index (χ0) is 26.1. The summed E-state index contributed by atoms with van der Waals surface area (Å²) in [6.45, 7) is 2.13. The highest BCUT2D eigenvalue weighted by Gasteiger charge is 2.22. The summed E-state index contributed by atoms with van der Waals surface area (Å²) in [6.07, 6.45) is 7.03. The van der Waals surface area contributed by atoms with Crippen molar-refractivity contribution < 1.29 is 20.2 Å². The van der Waals surface area contributed by atoms with Gasteiger partial charge >= 0.3 is 6.16 Å². The molecule has 190 valence electrons. The maximum absolute atomic E-state index is 11.8. The zero-order valence-corrected chi connectivity index (χ0v) is 20.8. The van der Waals surface area contributed by atoms with E-state index in [-0.39, 0.29) is 11.5 Å². The van der Waals surface area contributed by atoms with Crippen LogP contribution in [-0.4, -0.2) is 31.9 Å². The number of pyridine rings is 1. The van der Waals surface area contributed by atoms with Gasteiger partial charge in [0.25, 0.3) is 0 Å². The molecule has 0 bridgehead atoms. The van der Waals surface area contributed by atoms with E-state index in [1.54, 1.807) is 19.3 Å². The maximum atomic E-state index is 11.8. The predicted octanol–water partition coefficient (Wildman–Crippen LogP) is 6.36. The SMILES string of the molecule is Cc1ccccc1[C@@H](C/C(=N\O)c1ccc(=O)n(C)c1)c1ccc(C2CCCCC2)cc1.O=C(O)O. The van der Waals surface area contributed by atoms with Crippen LogP contribution in [0.4, 0.5) is 4.79 Å². The molecule has 0 radical (unpaired) electrons. The summed E-state index contributed by atoms with van der Waals surface area (Å²) in [4.78, 5) is 20.4. The van der Waals surface area contributed by atoms with Crippen LogP contribution in [0.2, 0.25) is 0 Å². The molecular formula is C29H34N2O5. The quantitative estimate of drug-likeness (QED) is 0.211. The number of hydrogen-bond acceptors (Lipinski definition) is 4. The van der Waals surface area contributed by atoms with Crippen LogP contribution in [-0.2, 0) is 7.05 Å². The molecule has 1 aromatic heterocycles. The Bertz CT molecular complexity index is 1240. The molecule has 0 unspecified atom stereocenters. The molecule has 0 saturated heterocycles. The summed E-state index contributed by atoms with van der Waals surface area (Å²) < 4.78 is 1.52. The fourth-order valence-corrected chi connectivity index (χ4v) is 5.00. The number of carbonyl (C=O) groups is 1. The van der Waals surface area contributed by atoms with E-state index in [1.807, 2.05) is 0 Å². The van der Waals surface area contributed by atoms with Crippen LogP contribution in [0.15, 0.2) is 76.8 Å². The summed E-state index contributed by atoms with van der Waals surface area (Å²) in [6, 6.07) is 20.7. The molecule has 0 aliphatic heterocycles. The number of hydrogen-bond donors (Lipinski definition) is 3. The van der Waals surface area contributed by atoms with E-state index in [2.05, 4.69) is 60.6 Å². The molecule has 1 atom stereocenters. The molecule has 4 rings (SSSR count). The standard InChI is InChI=1S/C28H32N2O2.CH2O3/c1-20-8-6-7-11-25(20)26(18-27(29-32)24-16-17-28(31)30(2)19-24)23-14-12-22(13-15-23)21-9-4-3-5-10-21;2-1(3)4/h6-8,11-17,19,21,26,32H,3-5,9-10,18H2,1-2H3;(H2,2,3,4)/b29-27+;/t26-;/m0./s1. The third kappa shape index (κ3) is 7.07. The Kier molecular flexibility index (Phi) is 9.45. The number of aryl methyl sites for hydroxylation is 2.